The molecule has 1 unspecified atom stereocenters. The molecule has 5 nitrogen and oxygen atoms in total. The van der Waals surface area contributed by atoms with Crippen LogP contribution in [0.5, 0.6) is 0 Å². The first-order valence-electron chi connectivity index (χ1n) is 7.57. The van der Waals surface area contributed by atoms with Crippen molar-refractivity contribution in [2.75, 3.05) is 24.5 Å². The standard InChI is InChI=1S/C16H22ClN3O2/c1-4-7-18-16(22)19-8-9-20(15(21)12(19)3)14-10-13(17)6-5-11(14)2/h5-6,10,12H,4,7-9H2,1-3H3,(H,18,22). The minimum Gasteiger partial charge on any atom is -0.338 e. The van der Waals surface area contributed by atoms with Crippen molar-refractivity contribution in [3.63, 3.8) is 0 Å². The van der Waals surface area contributed by atoms with Crippen LogP contribution in [0.15, 0.2) is 18.2 Å². The van der Waals surface area contributed by atoms with Crippen LogP contribution in [-0.4, -0.2) is 42.5 Å². The Morgan fingerprint density at radius 2 is 2.14 bits per heavy atom. The maximum Gasteiger partial charge on any atom is 0.318 e. The van der Waals surface area contributed by atoms with E-state index in [-0.39, 0.29) is 11.9 Å². The molecule has 1 aromatic carbocycles. The number of anilines is 1. The molecule has 1 fully saturated rings. The number of nitrogens with one attached hydrogen (secondary N) is 1. The second-order valence-corrected chi connectivity index (χ2v) is 5.96. The minimum absolute atomic E-state index is 0.0803. The highest BCUT2D eigenvalue weighted by atomic mass is 35.5. The molecule has 1 atom stereocenters. The Labute approximate surface area is 136 Å². The number of nitrogens with zero attached hydrogens (tertiary/aromatic N) is 2. The Morgan fingerprint density at radius 1 is 1.41 bits per heavy atom. The second kappa shape index (κ2) is 7.01. The highest BCUT2D eigenvalue weighted by molar-refractivity contribution is 6.31. The predicted octanol–water partition coefficient (Wildman–Crippen LogP) is 2.81. The van der Waals surface area contributed by atoms with Crippen molar-refractivity contribution < 1.29 is 9.59 Å². The van der Waals surface area contributed by atoms with Crippen LogP contribution >= 0.6 is 11.6 Å². The fourth-order valence-electron chi connectivity index (χ4n) is 2.59. The lowest BCUT2D eigenvalue weighted by Gasteiger charge is -2.39. The van der Waals surface area contributed by atoms with Gasteiger partial charge in [0.05, 0.1) is 0 Å². The Morgan fingerprint density at radius 3 is 2.82 bits per heavy atom. The lowest BCUT2D eigenvalue weighted by atomic mass is 10.1. The van der Waals surface area contributed by atoms with E-state index in [9.17, 15) is 9.59 Å². The van der Waals surface area contributed by atoms with Gasteiger partial charge in [-0.3, -0.25) is 4.79 Å². The molecular weight excluding hydrogens is 302 g/mol. The number of hydrogen-bond acceptors (Lipinski definition) is 2. The van der Waals surface area contributed by atoms with Gasteiger partial charge in [0, 0.05) is 30.3 Å². The number of piperazine rings is 1. The summed E-state index contributed by atoms with van der Waals surface area (Å²) in [5, 5.41) is 3.42. The van der Waals surface area contributed by atoms with Crippen LogP contribution in [0.1, 0.15) is 25.8 Å². The van der Waals surface area contributed by atoms with Gasteiger partial charge in [-0.05, 0) is 38.0 Å². The zero-order chi connectivity index (χ0) is 16.3. The molecular formula is C16H22ClN3O2. The third-order valence-electron chi connectivity index (χ3n) is 3.90. The molecule has 0 saturated carbocycles. The first kappa shape index (κ1) is 16.6. The highest BCUT2D eigenvalue weighted by Gasteiger charge is 2.35. The van der Waals surface area contributed by atoms with Crippen LogP contribution in [0.3, 0.4) is 0 Å². The molecule has 0 aliphatic carbocycles. The van der Waals surface area contributed by atoms with Crippen molar-refractivity contribution in [3.8, 4) is 0 Å². The first-order chi connectivity index (χ1) is 10.5. The summed E-state index contributed by atoms with van der Waals surface area (Å²) in [4.78, 5) is 28.0. The largest absolute Gasteiger partial charge is 0.338 e. The molecule has 0 aromatic heterocycles. The van der Waals surface area contributed by atoms with E-state index >= 15 is 0 Å². The van der Waals surface area contributed by atoms with Gasteiger partial charge in [-0.15, -0.1) is 0 Å². The molecule has 2 rings (SSSR count). The molecule has 3 amide bonds. The fourth-order valence-corrected chi connectivity index (χ4v) is 2.76. The number of carbonyl (C=O) groups is 2. The lowest BCUT2D eigenvalue weighted by molar-refractivity contribution is -0.124. The Kier molecular flexibility index (Phi) is 5.29. The Bertz CT molecular complexity index is 577. The average Bonchev–Trinajstić information content (AvgIpc) is 2.50. The van der Waals surface area contributed by atoms with Crippen LogP contribution in [-0.2, 0) is 4.79 Å². The van der Waals surface area contributed by atoms with Gasteiger partial charge in [0.25, 0.3) is 0 Å². The quantitative estimate of drug-likeness (QED) is 0.930. The zero-order valence-corrected chi connectivity index (χ0v) is 14.0. The van der Waals surface area contributed by atoms with Gasteiger partial charge < -0.3 is 15.1 Å². The van der Waals surface area contributed by atoms with E-state index in [1.54, 1.807) is 22.8 Å². The van der Waals surface area contributed by atoms with E-state index in [1.165, 1.54) is 0 Å². The third-order valence-corrected chi connectivity index (χ3v) is 4.14. The van der Waals surface area contributed by atoms with Crippen LogP contribution in [0.2, 0.25) is 5.02 Å². The smallest absolute Gasteiger partial charge is 0.318 e. The molecule has 120 valence electrons. The molecule has 1 aromatic rings. The Hall–Kier alpha value is -1.75. The van der Waals surface area contributed by atoms with Gasteiger partial charge >= 0.3 is 6.03 Å². The number of aryl methyl sites for hydroxylation is 1. The van der Waals surface area contributed by atoms with E-state index in [0.717, 1.165) is 17.7 Å². The SMILES string of the molecule is CCCNC(=O)N1CCN(c2cc(Cl)ccc2C)C(=O)C1C. The summed E-state index contributed by atoms with van der Waals surface area (Å²) < 4.78 is 0. The molecule has 0 radical (unpaired) electrons. The van der Waals surface area contributed by atoms with Crippen molar-refractivity contribution in [3.05, 3.63) is 28.8 Å². The average molecular weight is 324 g/mol. The van der Waals surface area contributed by atoms with Crippen molar-refractivity contribution in [1.82, 2.24) is 10.2 Å². The van der Waals surface area contributed by atoms with E-state index in [2.05, 4.69) is 5.32 Å². The number of rotatable bonds is 3. The molecule has 1 aliphatic rings. The number of halogens is 1. The highest BCUT2D eigenvalue weighted by Crippen LogP contribution is 2.27. The van der Waals surface area contributed by atoms with Crippen molar-refractivity contribution in [1.29, 1.82) is 0 Å². The summed E-state index contributed by atoms with van der Waals surface area (Å²) in [6.45, 7) is 7.31. The van der Waals surface area contributed by atoms with Crippen LogP contribution in [0, 0.1) is 6.92 Å². The van der Waals surface area contributed by atoms with Gasteiger partial charge in [-0.1, -0.05) is 24.6 Å². The fraction of sp³-hybridized carbons (Fsp3) is 0.500. The third kappa shape index (κ3) is 3.35. The van der Waals surface area contributed by atoms with Gasteiger partial charge in [-0.2, -0.15) is 0 Å². The van der Waals surface area contributed by atoms with E-state index in [1.807, 2.05) is 26.0 Å². The van der Waals surface area contributed by atoms with Crippen molar-refractivity contribution in [2.45, 2.75) is 33.2 Å². The first-order valence-corrected chi connectivity index (χ1v) is 7.95. The molecule has 6 heteroatoms. The summed E-state index contributed by atoms with van der Waals surface area (Å²) in [7, 11) is 0. The van der Waals surface area contributed by atoms with Crippen molar-refractivity contribution >= 4 is 29.2 Å². The van der Waals surface area contributed by atoms with E-state index < -0.39 is 6.04 Å². The summed E-state index contributed by atoms with van der Waals surface area (Å²) in [5.74, 6) is -0.0803. The van der Waals surface area contributed by atoms with Gasteiger partial charge in [0.2, 0.25) is 5.91 Å². The van der Waals surface area contributed by atoms with Crippen molar-refractivity contribution in [2.24, 2.45) is 0 Å². The number of amides is 3. The summed E-state index contributed by atoms with van der Waals surface area (Å²) in [6.07, 6.45) is 0.871. The second-order valence-electron chi connectivity index (χ2n) is 5.52. The number of benzene rings is 1. The molecule has 1 heterocycles. The molecule has 1 N–H and O–H groups in total. The maximum atomic E-state index is 12.6. The lowest BCUT2D eigenvalue weighted by Crippen LogP contribution is -2.60. The summed E-state index contributed by atoms with van der Waals surface area (Å²) >= 11 is 6.04. The monoisotopic (exact) mass is 323 g/mol. The zero-order valence-electron chi connectivity index (χ0n) is 13.2. The molecule has 0 spiro atoms. The number of urea groups is 1. The summed E-state index contributed by atoms with van der Waals surface area (Å²) in [6, 6.07) is 4.85. The topological polar surface area (TPSA) is 52.7 Å². The van der Waals surface area contributed by atoms with E-state index in [4.69, 9.17) is 11.6 Å². The number of hydrogen-bond donors (Lipinski definition) is 1. The number of carbonyl (C=O) groups excluding carboxylic acids is 2. The van der Waals surface area contributed by atoms with E-state index in [0.29, 0.717) is 24.7 Å². The van der Waals surface area contributed by atoms with Gasteiger partial charge in [0.1, 0.15) is 6.04 Å². The van der Waals surface area contributed by atoms with Crippen LogP contribution in [0.4, 0.5) is 10.5 Å². The predicted molar refractivity (Wildman–Crippen MR) is 88.4 cm³/mol. The summed E-state index contributed by atoms with van der Waals surface area (Å²) in [5.41, 5.74) is 1.81. The van der Waals surface area contributed by atoms with Gasteiger partial charge in [0.15, 0.2) is 0 Å². The molecule has 0 bridgehead atoms. The van der Waals surface area contributed by atoms with Gasteiger partial charge in [-0.25, -0.2) is 4.79 Å². The minimum atomic E-state index is -0.482. The van der Waals surface area contributed by atoms with Crippen LogP contribution in [0.25, 0.3) is 0 Å². The maximum absolute atomic E-state index is 12.6. The molecule has 1 aliphatic heterocycles. The molecule has 22 heavy (non-hydrogen) atoms. The Balaban J connectivity index is 2.15. The normalized spacial score (nSPS) is 18.5. The molecule has 1 saturated heterocycles. The van der Waals surface area contributed by atoms with Crippen LogP contribution < -0.4 is 10.2 Å².